The van der Waals surface area contributed by atoms with E-state index in [1.54, 1.807) is 0 Å². The minimum Gasteiger partial charge on any atom is -0.370 e. The van der Waals surface area contributed by atoms with E-state index < -0.39 is 0 Å². The Kier molecular flexibility index (Phi) is 7.31. The third kappa shape index (κ3) is 5.34. The Balaban J connectivity index is 1.43. The van der Waals surface area contributed by atoms with E-state index in [0.717, 1.165) is 63.6 Å². The van der Waals surface area contributed by atoms with Gasteiger partial charge in [0.25, 0.3) is 0 Å². The summed E-state index contributed by atoms with van der Waals surface area (Å²) in [7, 11) is 0. The Bertz CT molecular complexity index is 1310. The summed E-state index contributed by atoms with van der Waals surface area (Å²) in [6.07, 6.45) is 12.5. The highest BCUT2D eigenvalue weighted by Gasteiger charge is 2.22. The van der Waals surface area contributed by atoms with E-state index in [2.05, 4.69) is 64.6 Å². The van der Waals surface area contributed by atoms with Crippen LogP contribution in [0.4, 0.5) is 5.69 Å². The van der Waals surface area contributed by atoms with E-state index in [9.17, 15) is 4.79 Å². The van der Waals surface area contributed by atoms with Crippen LogP contribution in [0.15, 0.2) is 54.7 Å². The maximum absolute atomic E-state index is 11.1. The fourth-order valence-electron chi connectivity index (χ4n) is 5.59. The Morgan fingerprint density at radius 2 is 1.69 bits per heavy atom. The number of primary amides is 1. The van der Waals surface area contributed by atoms with Crippen LogP contribution >= 0.6 is 0 Å². The van der Waals surface area contributed by atoms with Crippen LogP contribution in [0.1, 0.15) is 61.8 Å². The first-order valence-electron chi connectivity index (χ1n) is 13.2. The standard InChI is InChI=1S/C30H36N4O/c31-29(35)17-3-1-2-10-19-34(20-18-22-21-32-26-14-7-4-11-23(22)26)30-24-12-5-8-15-27(24)33-28-16-9-6-13-25(28)30/h4-5,7-8,11-12,14-15,21,32H,1-3,6,9-10,13,16-20H2,(H2,31,35). The van der Waals surface area contributed by atoms with Crippen molar-refractivity contribution in [2.75, 3.05) is 18.0 Å². The molecule has 0 aliphatic heterocycles. The van der Waals surface area contributed by atoms with E-state index in [4.69, 9.17) is 10.7 Å². The fraction of sp³-hybridized carbons (Fsp3) is 0.400. The first-order chi connectivity index (χ1) is 17.2. The van der Waals surface area contributed by atoms with E-state index in [1.165, 1.54) is 51.6 Å². The lowest BCUT2D eigenvalue weighted by Crippen LogP contribution is -2.29. The van der Waals surface area contributed by atoms with Crippen LogP contribution in [0.2, 0.25) is 0 Å². The number of nitrogens with two attached hydrogens (primary N) is 1. The van der Waals surface area contributed by atoms with Crippen LogP contribution in [0.3, 0.4) is 0 Å². The number of anilines is 1. The SMILES string of the molecule is NC(=O)CCCCCCN(CCc1c[nH]c2ccccc12)c1c2c(nc3ccccc13)CCCC2. The van der Waals surface area contributed by atoms with Gasteiger partial charge < -0.3 is 15.6 Å². The molecule has 0 bridgehead atoms. The maximum Gasteiger partial charge on any atom is 0.217 e. The van der Waals surface area contributed by atoms with Crippen molar-refractivity contribution in [1.82, 2.24) is 9.97 Å². The lowest BCUT2D eigenvalue weighted by molar-refractivity contribution is -0.118. The molecule has 5 heteroatoms. The normalized spacial score (nSPS) is 13.3. The van der Waals surface area contributed by atoms with E-state index >= 15 is 0 Å². The minimum absolute atomic E-state index is 0.194. The summed E-state index contributed by atoms with van der Waals surface area (Å²) in [5.74, 6) is -0.194. The third-order valence-electron chi connectivity index (χ3n) is 7.38. The molecule has 0 saturated heterocycles. The number of pyridine rings is 1. The van der Waals surface area contributed by atoms with Crippen molar-refractivity contribution in [3.05, 3.63) is 71.5 Å². The quantitative estimate of drug-likeness (QED) is 0.262. The molecule has 2 aromatic carbocycles. The molecule has 5 nitrogen and oxygen atoms in total. The predicted molar refractivity (Wildman–Crippen MR) is 145 cm³/mol. The molecule has 35 heavy (non-hydrogen) atoms. The average molecular weight is 469 g/mol. The number of hydrogen-bond donors (Lipinski definition) is 2. The van der Waals surface area contributed by atoms with Crippen molar-refractivity contribution in [3.8, 4) is 0 Å². The second kappa shape index (κ2) is 10.9. The molecule has 0 unspecified atom stereocenters. The Labute approximate surface area is 207 Å². The van der Waals surface area contributed by atoms with Gasteiger partial charge in [0.2, 0.25) is 5.91 Å². The van der Waals surface area contributed by atoms with E-state index in [1.807, 2.05) is 0 Å². The summed E-state index contributed by atoms with van der Waals surface area (Å²) < 4.78 is 0. The number of H-pyrrole nitrogens is 1. The van der Waals surface area contributed by atoms with Crippen molar-refractivity contribution < 1.29 is 4.79 Å². The smallest absolute Gasteiger partial charge is 0.217 e. The third-order valence-corrected chi connectivity index (χ3v) is 7.38. The van der Waals surface area contributed by atoms with Crippen LogP contribution in [0.25, 0.3) is 21.8 Å². The number of aryl methyl sites for hydroxylation is 1. The number of para-hydroxylation sites is 2. The minimum atomic E-state index is -0.194. The van der Waals surface area contributed by atoms with Gasteiger partial charge in [0.15, 0.2) is 0 Å². The van der Waals surface area contributed by atoms with Crippen LogP contribution in [-0.2, 0) is 24.1 Å². The zero-order valence-corrected chi connectivity index (χ0v) is 20.6. The molecular formula is C30H36N4O. The summed E-state index contributed by atoms with van der Waals surface area (Å²) in [4.78, 5) is 22.2. The number of nitrogens with one attached hydrogen (secondary N) is 1. The number of aromatic amines is 1. The second-order valence-corrected chi connectivity index (χ2v) is 9.84. The molecule has 1 aliphatic rings. The van der Waals surface area contributed by atoms with E-state index in [0.29, 0.717) is 6.42 Å². The van der Waals surface area contributed by atoms with Gasteiger partial charge in [0.05, 0.1) is 11.2 Å². The van der Waals surface area contributed by atoms with Crippen molar-refractivity contribution in [2.45, 2.75) is 64.2 Å². The number of unbranched alkanes of at least 4 members (excludes halogenated alkanes) is 3. The largest absolute Gasteiger partial charge is 0.370 e. The number of aromatic nitrogens is 2. The summed E-state index contributed by atoms with van der Waals surface area (Å²) >= 11 is 0. The van der Waals surface area contributed by atoms with Gasteiger partial charge >= 0.3 is 0 Å². The number of benzene rings is 2. The summed E-state index contributed by atoms with van der Waals surface area (Å²) in [6.45, 7) is 1.99. The lowest BCUT2D eigenvalue weighted by Gasteiger charge is -2.31. The molecule has 0 saturated carbocycles. The van der Waals surface area contributed by atoms with Gasteiger partial charge in [-0.05, 0) is 68.2 Å². The van der Waals surface area contributed by atoms with Crippen LogP contribution < -0.4 is 10.6 Å². The number of rotatable bonds is 11. The van der Waals surface area contributed by atoms with Crippen LogP contribution in [0.5, 0.6) is 0 Å². The monoisotopic (exact) mass is 468 g/mol. The number of carbonyl (C=O) groups is 1. The second-order valence-electron chi connectivity index (χ2n) is 9.84. The van der Waals surface area contributed by atoms with Crippen LogP contribution in [0, 0.1) is 0 Å². The number of fused-ring (bicyclic) bond motifs is 3. The fourth-order valence-corrected chi connectivity index (χ4v) is 5.59. The van der Waals surface area contributed by atoms with Crippen molar-refractivity contribution >= 4 is 33.4 Å². The van der Waals surface area contributed by atoms with Gasteiger partial charge in [0, 0.05) is 47.7 Å². The molecule has 4 aromatic rings. The summed E-state index contributed by atoms with van der Waals surface area (Å²) in [6, 6.07) is 17.2. The zero-order valence-electron chi connectivity index (χ0n) is 20.6. The van der Waals surface area contributed by atoms with Gasteiger partial charge in [-0.1, -0.05) is 49.2 Å². The highest BCUT2D eigenvalue weighted by Crippen LogP contribution is 2.36. The van der Waals surface area contributed by atoms with Gasteiger partial charge in [-0.15, -0.1) is 0 Å². The molecule has 0 spiro atoms. The first kappa shape index (κ1) is 23.4. The average Bonchev–Trinajstić information content (AvgIpc) is 3.29. The Morgan fingerprint density at radius 1 is 0.914 bits per heavy atom. The van der Waals surface area contributed by atoms with Gasteiger partial charge in [-0.3, -0.25) is 9.78 Å². The Hall–Kier alpha value is -3.34. The highest BCUT2D eigenvalue weighted by atomic mass is 16.1. The Morgan fingerprint density at radius 3 is 2.57 bits per heavy atom. The molecule has 1 amide bonds. The molecule has 0 radical (unpaired) electrons. The number of carbonyl (C=O) groups excluding carboxylic acids is 1. The number of nitrogens with zero attached hydrogens (tertiary/aromatic N) is 2. The van der Waals surface area contributed by atoms with Crippen molar-refractivity contribution in [1.29, 1.82) is 0 Å². The van der Waals surface area contributed by atoms with Gasteiger partial charge in [-0.25, -0.2) is 0 Å². The van der Waals surface area contributed by atoms with Gasteiger partial charge in [0.1, 0.15) is 0 Å². The van der Waals surface area contributed by atoms with Crippen molar-refractivity contribution in [2.24, 2.45) is 5.73 Å². The zero-order chi connectivity index (χ0) is 24.0. The molecule has 3 N–H and O–H groups in total. The molecule has 2 aromatic heterocycles. The number of hydrogen-bond acceptors (Lipinski definition) is 3. The summed E-state index contributed by atoms with van der Waals surface area (Å²) in [5.41, 5.74) is 13.2. The summed E-state index contributed by atoms with van der Waals surface area (Å²) in [5, 5.41) is 2.60. The number of amides is 1. The van der Waals surface area contributed by atoms with Gasteiger partial charge in [-0.2, -0.15) is 0 Å². The first-order valence-corrected chi connectivity index (χ1v) is 13.2. The molecular weight excluding hydrogens is 432 g/mol. The van der Waals surface area contributed by atoms with E-state index in [-0.39, 0.29) is 5.91 Å². The highest BCUT2D eigenvalue weighted by molar-refractivity contribution is 5.94. The molecule has 1 aliphatic carbocycles. The predicted octanol–water partition coefficient (Wildman–Crippen LogP) is 6.08. The lowest BCUT2D eigenvalue weighted by atomic mass is 9.92. The van der Waals surface area contributed by atoms with Crippen LogP contribution in [-0.4, -0.2) is 29.0 Å². The molecule has 182 valence electrons. The molecule has 0 atom stereocenters. The topological polar surface area (TPSA) is 75.0 Å². The molecule has 5 rings (SSSR count). The molecule has 2 heterocycles. The molecule has 0 fully saturated rings. The van der Waals surface area contributed by atoms with Crippen molar-refractivity contribution in [3.63, 3.8) is 0 Å². The maximum atomic E-state index is 11.1.